The fourth-order valence-corrected chi connectivity index (χ4v) is 6.46. The average molecular weight is 776 g/mol. The highest BCUT2D eigenvalue weighted by molar-refractivity contribution is 5.70. The standard InChI is InChI=1S/C47H85NO7/c1-6-8-10-12-14-16-17-18-19-20-21-22-23-24-25-26-27-28-30-32-34-36-38-46(50)55-43(41-53-40-39-44(47(51)52)48(3,4)5)42-54-45(49)37-35-33-31-29-15-13-11-9-7-2/h20-21,23-24,29,31,43-44H,6-19,22,25-28,30,32-42H2,1-5H3/b21-20+,24-23+,31-29+. The van der Waals surface area contributed by atoms with E-state index in [1.54, 1.807) is 21.1 Å². The van der Waals surface area contributed by atoms with Crippen LogP contribution in [-0.4, -0.2) is 75.5 Å². The molecule has 2 atom stereocenters. The second kappa shape index (κ2) is 38.4. The molecule has 0 bridgehead atoms. The smallest absolute Gasteiger partial charge is 0.306 e. The summed E-state index contributed by atoms with van der Waals surface area (Å²) in [5.41, 5.74) is 0. The van der Waals surface area contributed by atoms with Gasteiger partial charge >= 0.3 is 11.9 Å². The monoisotopic (exact) mass is 776 g/mol. The molecule has 0 aromatic heterocycles. The number of likely N-dealkylation sites (N-methyl/N-ethyl adjacent to an activating group) is 1. The van der Waals surface area contributed by atoms with Crippen LogP contribution in [0.3, 0.4) is 0 Å². The highest BCUT2D eigenvalue weighted by Crippen LogP contribution is 2.13. The van der Waals surface area contributed by atoms with Gasteiger partial charge in [0, 0.05) is 19.3 Å². The van der Waals surface area contributed by atoms with Crippen LogP contribution < -0.4 is 5.11 Å². The maximum atomic E-state index is 12.7. The molecule has 0 saturated carbocycles. The third kappa shape index (κ3) is 36.9. The number of rotatable bonds is 40. The fourth-order valence-electron chi connectivity index (χ4n) is 6.46. The van der Waals surface area contributed by atoms with Gasteiger partial charge in [0.25, 0.3) is 0 Å². The molecule has 0 aromatic carbocycles. The van der Waals surface area contributed by atoms with E-state index in [-0.39, 0.29) is 42.7 Å². The second-order valence-electron chi connectivity index (χ2n) is 16.3. The molecule has 0 radical (unpaired) electrons. The van der Waals surface area contributed by atoms with Crippen LogP contribution in [0.4, 0.5) is 0 Å². The van der Waals surface area contributed by atoms with Gasteiger partial charge in [0.05, 0.1) is 40.3 Å². The molecule has 0 saturated heterocycles. The SMILES string of the molecule is CCCCCC/C=C/CCCC(=O)OCC(COCCC(C(=O)[O-])[N+](C)(C)C)OC(=O)CCCCCCCCC/C=C/C/C=C/CCCCCCCCCC. The third-order valence-corrected chi connectivity index (χ3v) is 10.00. The van der Waals surface area contributed by atoms with Crippen molar-refractivity contribution in [2.45, 2.75) is 206 Å². The third-order valence-electron chi connectivity index (χ3n) is 10.00. The number of carboxylic acids is 1. The first-order valence-corrected chi connectivity index (χ1v) is 22.5. The Morgan fingerprint density at radius 3 is 1.49 bits per heavy atom. The minimum Gasteiger partial charge on any atom is -0.544 e. The number of allylic oxidation sites excluding steroid dienone is 6. The molecule has 0 aliphatic heterocycles. The van der Waals surface area contributed by atoms with Crippen molar-refractivity contribution in [3.63, 3.8) is 0 Å². The predicted octanol–water partition coefficient (Wildman–Crippen LogP) is 10.9. The van der Waals surface area contributed by atoms with Crippen molar-refractivity contribution in [2.24, 2.45) is 0 Å². The zero-order valence-corrected chi connectivity index (χ0v) is 36.3. The van der Waals surface area contributed by atoms with Crippen molar-refractivity contribution < 1.29 is 38.2 Å². The molecule has 0 heterocycles. The number of quaternary nitrogens is 1. The van der Waals surface area contributed by atoms with Gasteiger partial charge in [-0.05, 0) is 64.2 Å². The van der Waals surface area contributed by atoms with Crippen LogP contribution in [0.25, 0.3) is 0 Å². The van der Waals surface area contributed by atoms with Crippen molar-refractivity contribution in [3.8, 4) is 0 Å². The Hall–Kier alpha value is -2.45. The normalized spacial score (nSPS) is 13.3. The number of carbonyl (C=O) groups excluding carboxylic acids is 3. The molecule has 0 aliphatic carbocycles. The molecule has 0 aliphatic rings. The minimum absolute atomic E-state index is 0.0297. The molecule has 0 aromatic rings. The molecule has 0 rings (SSSR count). The van der Waals surface area contributed by atoms with E-state index in [1.165, 1.54) is 109 Å². The average Bonchev–Trinajstić information content (AvgIpc) is 3.14. The quantitative estimate of drug-likeness (QED) is 0.0264. The van der Waals surface area contributed by atoms with Gasteiger partial charge in [0.2, 0.25) is 0 Å². The first-order chi connectivity index (χ1) is 26.6. The molecule has 0 spiro atoms. The van der Waals surface area contributed by atoms with Gasteiger partial charge in [-0.1, -0.05) is 147 Å². The maximum Gasteiger partial charge on any atom is 0.306 e. The number of ether oxygens (including phenoxy) is 3. The first-order valence-electron chi connectivity index (χ1n) is 22.5. The zero-order chi connectivity index (χ0) is 40.7. The number of esters is 2. The van der Waals surface area contributed by atoms with Crippen LogP contribution >= 0.6 is 0 Å². The van der Waals surface area contributed by atoms with Crippen molar-refractivity contribution in [2.75, 3.05) is 41.0 Å². The lowest BCUT2D eigenvalue weighted by molar-refractivity contribution is -0.889. The number of unbranched alkanes of at least 4 members (excludes halogenated alkanes) is 20. The summed E-state index contributed by atoms with van der Waals surface area (Å²) in [4.78, 5) is 36.7. The Morgan fingerprint density at radius 2 is 0.982 bits per heavy atom. The van der Waals surface area contributed by atoms with Crippen LogP contribution in [0.2, 0.25) is 0 Å². The van der Waals surface area contributed by atoms with Crippen molar-refractivity contribution in [1.82, 2.24) is 0 Å². The van der Waals surface area contributed by atoms with Crippen LogP contribution in [-0.2, 0) is 28.6 Å². The van der Waals surface area contributed by atoms with E-state index in [4.69, 9.17) is 14.2 Å². The molecule has 0 fully saturated rings. The minimum atomic E-state index is -1.13. The molecular formula is C47H85NO7. The Morgan fingerprint density at radius 1 is 0.545 bits per heavy atom. The lowest BCUT2D eigenvalue weighted by Crippen LogP contribution is -2.55. The molecule has 8 heteroatoms. The first kappa shape index (κ1) is 52.6. The number of carboxylic acid groups (broad SMARTS) is 1. The Balaban J connectivity index is 4.26. The van der Waals surface area contributed by atoms with Crippen LogP contribution in [0.1, 0.15) is 194 Å². The summed E-state index contributed by atoms with van der Waals surface area (Å²) >= 11 is 0. The lowest BCUT2D eigenvalue weighted by atomic mass is 10.1. The number of hydrogen-bond donors (Lipinski definition) is 0. The van der Waals surface area contributed by atoms with Gasteiger partial charge in [-0.3, -0.25) is 9.59 Å². The molecule has 0 amide bonds. The van der Waals surface area contributed by atoms with Crippen LogP contribution in [0.15, 0.2) is 36.5 Å². The summed E-state index contributed by atoms with van der Waals surface area (Å²) in [6.45, 7) is 4.59. The van der Waals surface area contributed by atoms with E-state index >= 15 is 0 Å². The van der Waals surface area contributed by atoms with E-state index in [0.717, 1.165) is 44.9 Å². The van der Waals surface area contributed by atoms with E-state index in [1.807, 2.05) is 0 Å². The van der Waals surface area contributed by atoms with E-state index in [2.05, 4.69) is 50.3 Å². The molecule has 2 unspecified atom stereocenters. The Kier molecular flexibility index (Phi) is 36.7. The number of carbonyl (C=O) groups is 3. The van der Waals surface area contributed by atoms with Crippen LogP contribution in [0.5, 0.6) is 0 Å². The van der Waals surface area contributed by atoms with Gasteiger partial charge in [0.15, 0.2) is 6.10 Å². The second-order valence-corrected chi connectivity index (χ2v) is 16.3. The van der Waals surface area contributed by atoms with Crippen molar-refractivity contribution in [3.05, 3.63) is 36.5 Å². The highest BCUT2D eigenvalue weighted by atomic mass is 16.6. The van der Waals surface area contributed by atoms with Crippen molar-refractivity contribution >= 4 is 17.9 Å². The number of hydrogen-bond acceptors (Lipinski definition) is 7. The lowest BCUT2D eigenvalue weighted by Gasteiger charge is -2.34. The van der Waals surface area contributed by atoms with Crippen LogP contribution in [0, 0.1) is 0 Å². The summed E-state index contributed by atoms with van der Waals surface area (Å²) < 4.78 is 17.1. The van der Waals surface area contributed by atoms with Gasteiger partial charge in [-0.15, -0.1) is 0 Å². The molecule has 320 valence electrons. The van der Waals surface area contributed by atoms with E-state index in [0.29, 0.717) is 19.3 Å². The van der Waals surface area contributed by atoms with Gasteiger partial charge in [-0.2, -0.15) is 0 Å². The summed E-state index contributed by atoms with van der Waals surface area (Å²) in [6.07, 6.45) is 43.3. The Bertz CT molecular complexity index is 1000. The number of nitrogens with zero attached hydrogens (tertiary/aromatic N) is 1. The van der Waals surface area contributed by atoms with Crippen molar-refractivity contribution in [1.29, 1.82) is 0 Å². The molecule has 55 heavy (non-hydrogen) atoms. The fraction of sp³-hybridized carbons (Fsp3) is 0.809. The summed E-state index contributed by atoms with van der Waals surface area (Å²) in [5, 5.41) is 11.6. The highest BCUT2D eigenvalue weighted by Gasteiger charge is 2.25. The summed E-state index contributed by atoms with van der Waals surface area (Å²) in [6, 6.07) is -0.729. The summed E-state index contributed by atoms with van der Waals surface area (Å²) in [5.74, 6) is -1.79. The zero-order valence-electron chi connectivity index (χ0n) is 36.3. The summed E-state index contributed by atoms with van der Waals surface area (Å²) in [7, 11) is 5.39. The maximum absolute atomic E-state index is 12.7. The molecule has 0 N–H and O–H groups in total. The van der Waals surface area contributed by atoms with E-state index < -0.39 is 18.1 Å². The Labute approximate surface area is 338 Å². The topological polar surface area (TPSA) is 102 Å². The van der Waals surface area contributed by atoms with E-state index in [9.17, 15) is 19.5 Å². The van der Waals surface area contributed by atoms with Gasteiger partial charge in [0.1, 0.15) is 12.6 Å². The predicted molar refractivity (Wildman–Crippen MR) is 227 cm³/mol. The molecule has 8 nitrogen and oxygen atoms in total. The molecular weight excluding hydrogens is 691 g/mol. The van der Waals surface area contributed by atoms with Gasteiger partial charge < -0.3 is 28.6 Å². The van der Waals surface area contributed by atoms with Gasteiger partial charge in [-0.25, -0.2) is 0 Å². The number of aliphatic carboxylic acids is 1. The largest absolute Gasteiger partial charge is 0.544 e.